The fourth-order valence-corrected chi connectivity index (χ4v) is 4.06. The van der Waals surface area contributed by atoms with Crippen LogP contribution in [0.1, 0.15) is 12.5 Å². The number of thioether (sulfide) groups is 1. The van der Waals surface area contributed by atoms with Gasteiger partial charge in [0, 0.05) is 29.5 Å². The van der Waals surface area contributed by atoms with Crippen LogP contribution in [-0.4, -0.2) is 32.3 Å². The first-order chi connectivity index (χ1) is 16.0. The molecule has 1 heterocycles. The third kappa shape index (κ3) is 5.67. The number of amides is 2. The summed E-state index contributed by atoms with van der Waals surface area (Å²) < 4.78 is 1.97. The Labute approximate surface area is 196 Å². The summed E-state index contributed by atoms with van der Waals surface area (Å²) in [6, 6.07) is 24.9. The van der Waals surface area contributed by atoms with E-state index in [4.69, 9.17) is 0 Å². The zero-order valence-corrected chi connectivity index (χ0v) is 19.1. The van der Waals surface area contributed by atoms with E-state index in [1.807, 2.05) is 60.0 Å². The molecule has 4 aromatic rings. The van der Waals surface area contributed by atoms with Gasteiger partial charge in [-0.3, -0.25) is 14.2 Å². The summed E-state index contributed by atoms with van der Waals surface area (Å²) in [7, 11) is 0. The Bertz CT molecular complexity index is 1270. The van der Waals surface area contributed by atoms with Gasteiger partial charge in [-0.05, 0) is 48.9 Å². The predicted octanol–water partition coefficient (Wildman–Crippen LogP) is 4.93. The van der Waals surface area contributed by atoms with Crippen LogP contribution in [-0.2, 0) is 9.59 Å². The lowest BCUT2D eigenvalue weighted by molar-refractivity contribution is -0.114. The van der Waals surface area contributed by atoms with Gasteiger partial charge in [0.1, 0.15) is 0 Å². The summed E-state index contributed by atoms with van der Waals surface area (Å²) >= 11 is 1.32. The summed E-state index contributed by atoms with van der Waals surface area (Å²) in [5.74, 6) is 0.590. The second kappa shape index (κ2) is 10.1. The third-order valence-electron chi connectivity index (χ3n) is 4.75. The van der Waals surface area contributed by atoms with E-state index in [-0.39, 0.29) is 17.6 Å². The lowest BCUT2D eigenvalue weighted by atomic mass is 10.2. The predicted molar refractivity (Wildman–Crippen MR) is 132 cm³/mol. The van der Waals surface area contributed by atoms with Crippen molar-refractivity contribution in [1.29, 1.82) is 0 Å². The van der Waals surface area contributed by atoms with Crippen molar-refractivity contribution in [2.75, 3.05) is 16.4 Å². The normalized spacial score (nSPS) is 10.6. The van der Waals surface area contributed by atoms with Crippen molar-refractivity contribution < 1.29 is 9.59 Å². The highest BCUT2D eigenvalue weighted by atomic mass is 32.2. The van der Waals surface area contributed by atoms with Crippen LogP contribution in [0.4, 0.5) is 11.4 Å². The number of benzene rings is 3. The number of hydrogen-bond donors (Lipinski definition) is 2. The van der Waals surface area contributed by atoms with E-state index in [9.17, 15) is 9.59 Å². The molecular formula is C25H23N5O2S. The summed E-state index contributed by atoms with van der Waals surface area (Å²) in [5.41, 5.74) is 4.34. The number of nitrogens with zero attached hydrogens (tertiary/aromatic N) is 3. The van der Waals surface area contributed by atoms with Crippen molar-refractivity contribution in [3.63, 3.8) is 0 Å². The number of aryl methyl sites for hydroxylation is 1. The molecule has 0 saturated carbocycles. The molecule has 0 saturated heterocycles. The minimum absolute atomic E-state index is 0.143. The Morgan fingerprint density at radius 3 is 2.24 bits per heavy atom. The summed E-state index contributed by atoms with van der Waals surface area (Å²) in [4.78, 5) is 23.7. The van der Waals surface area contributed by atoms with E-state index in [1.165, 1.54) is 18.7 Å². The van der Waals surface area contributed by atoms with Crippen LogP contribution < -0.4 is 10.6 Å². The second-order valence-corrected chi connectivity index (χ2v) is 8.38. The van der Waals surface area contributed by atoms with Crippen molar-refractivity contribution in [3.05, 3.63) is 84.4 Å². The number of carbonyl (C=O) groups excluding carboxylic acids is 2. The Hall–Kier alpha value is -3.91. The minimum Gasteiger partial charge on any atom is -0.326 e. The van der Waals surface area contributed by atoms with Gasteiger partial charge in [-0.2, -0.15) is 0 Å². The molecule has 0 unspecified atom stereocenters. The molecule has 8 heteroatoms. The molecule has 7 nitrogen and oxygen atoms in total. The first kappa shape index (κ1) is 22.3. The van der Waals surface area contributed by atoms with Gasteiger partial charge in [0.25, 0.3) is 0 Å². The van der Waals surface area contributed by atoms with Crippen molar-refractivity contribution >= 4 is 35.0 Å². The third-order valence-corrected chi connectivity index (χ3v) is 5.68. The standard InChI is InChI=1S/C25H23N5O2S/c1-17-7-6-10-22(15-17)30-24(19-8-4-3-5-9-19)28-29-25(30)33-16-23(32)27-21-13-11-20(12-14-21)26-18(2)31/h3-15H,16H2,1-2H3,(H,26,31)(H,27,32). The molecular weight excluding hydrogens is 434 g/mol. The van der Waals surface area contributed by atoms with E-state index in [2.05, 4.69) is 26.9 Å². The zero-order chi connectivity index (χ0) is 23.2. The number of nitrogens with one attached hydrogen (secondary N) is 2. The summed E-state index contributed by atoms with van der Waals surface area (Å²) in [5, 5.41) is 15.0. The van der Waals surface area contributed by atoms with Gasteiger partial charge in [-0.25, -0.2) is 0 Å². The minimum atomic E-state index is -0.160. The van der Waals surface area contributed by atoms with Gasteiger partial charge in [0.2, 0.25) is 11.8 Å². The largest absolute Gasteiger partial charge is 0.326 e. The van der Waals surface area contributed by atoms with Crippen LogP contribution in [0.2, 0.25) is 0 Å². The highest BCUT2D eigenvalue weighted by molar-refractivity contribution is 7.99. The number of anilines is 2. The van der Waals surface area contributed by atoms with Crippen molar-refractivity contribution in [3.8, 4) is 17.1 Å². The molecule has 0 aliphatic rings. The van der Waals surface area contributed by atoms with Crippen LogP contribution >= 0.6 is 11.8 Å². The maximum atomic E-state index is 12.6. The topological polar surface area (TPSA) is 88.9 Å². The Morgan fingerprint density at radius 1 is 0.879 bits per heavy atom. The SMILES string of the molecule is CC(=O)Nc1ccc(NC(=O)CSc2nnc(-c3ccccc3)n2-c2cccc(C)c2)cc1. The highest BCUT2D eigenvalue weighted by Crippen LogP contribution is 2.28. The number of carbonyl (C=O) groups is 2. The number of rotatable bonds is 7. The maximum absolute atomic E-state index is 12.6. The molecule has 0 fully saturated rings. The van der Waals surface area contributed by atoms with Gasteiger partial charge < -0.3 is 10.6 Å². The average Bonchev–Trinajstić information content (AvgIpc) is 3.23. The molecule has 0 spiro atoms. The number of aromatic nitrogens is 3. The molecule has 2 N–H and O–H groups in total. The van der Waals surface area contributed by atoms with Gasteiger partial charge >= 0.3 is 0 Å². The van der Waals surface area contributed by atoms with Crippen LogP contribution in [0.5, 0.6) is 0 Å². The molecule has 3 aromatic carbocycles. The van der Waals surface area contributed by atoms with E-state index in [0.717, 1.165) is 22.6 Å². The molecule has 0 aliphatic carbocycles. The lowest BCUT2D eigenvalue weighted by Crippen LogP contribution is -2.14. The molecule has 4 rings (SSSR count). The van der Waals surface area contributed by atoms with Gasteiger partial charge in [0.15, 0.2) is 11.0 Å². The van der Waals surface area contributed by atoms with Crippen LogP contribution in [0.25, 0.3) is 17.1 Å². The summed E-state index contributed by atoms with van der Waals surface area (Å²) in [6.07, 6.45) is 0. The molecule has 166 valence electrons. The fraction of sp³-hybridized carbons (Fsp3) is 0.120. The second-order valence-electron chi connectivity index (χ2n) is 7.44. The van der Waals surface area contributed by atoms with E-state index < -0.39 is 0 Å². The molecule has 0 radical (unpaired) electrons. The molecule has 33 heavy (non-hydrogen) atoms. The van der Waals surface area contributed by atoms with Crippen molar-refractivity contribution in [2.24, 2.45) is 0 Å². The molecule has 0 aliphatic heterocycles. The van der Waals surface area contributed by atoms with E-state index >= 15 is 0 Å². The Balaban J connectivity index is 1.51. The maximum Gasteiger partial charge on any atom is 0.234 e. The van der Waals surface area contributed by atoms with Gasteiger partial charge in [0.05, 0.1) is 5.75 Å². The first-order valence-corrected chi connectivity index (χ1v) is 11.4. The molecule has 0 bridgehead atoms. The first-order valence-electron chi connectivity index (χ1n) is 10.4. The average molecular weight is 458 g/mol. The highest BCUT2D eigenvalue weighted by Gasteiger charge is 2.17. The summed E-state index contributed by atoms with van der Waals surface area (Å²) in [6.45, 7) is 3.49. The van der Waals surface area contributed by atoms with Crippen LogP contribution in [0.15, 0.2) is 84.0 Å². The van der Waals surface area contributed by atoms with Crippen molar-refractivity contribution in [2.45, 2.75) is 19.0 Å². The van der Waals surface area contributed by atoms with Crippen LogP contribution in [0.3, 0.4) is 0 Å². The quantitative estimate of drug-likeness (QED) is 0.384. The van der Waals surface area contributed by atoms with Crippen LogP contribution in [0, 0.1) is 6.92 Å². The Kier molecular flexibility index (Phi) is 6.85. The Morgan fingerprint density at radius 2 is 1.58 bits per heavy atom. The van der Waals surface area contributed by atoms with Gasteiger partial charge in [-0.15, -0.1) is 10.2 Å². The van der Waals surface area contributed by atoms with Gasteiger partial charge in [-0.1, -0.05) is 54.2 Å². The number of hydrogen-bond acceptors (Lipinski definition) is 5. The fourth-order valence-electron chi connectivity index (χ4n) is 3.30. The lowest BCUT2D eigenvalue weighted by Gasteiger charge is -2.11. The molecule has 1 aromatic heterocycles. The molecule has 2 amide bonds. The smallest absolute Gasteiger partial charge is 0.234 e. The van der Waals surface area contributed by atoms with E-state index in [1.54, 1.807) is 24.3 Å². The van der Waals surface area contributed by atoms with E-state index in [0.29, 0.717) is 16.5 Å². The monoisotopic (exact) mass is 457 g/mol. The molecule has 0 atom stereocenters. The van der Waals surface area contributed by atoms with Crippen molar-refractivity contribution in [1.82, 2.24) is 14.8 Å². The zero-order valence-electron chi connectivity index (χ0n) is 18.3.